The number of halogens is 2. The monoisotopic (exact) mass is 322 g/mol. The first-order chi connectivity index (χ1) is 10.9. The van der Waals surface area contributed by atoms with Crippen molar-refractivity contribution in [3.8, 4) is 0 Å². The van der Waals surface area contributed by atoms with Gasteiger partial charge in [-0.05, 0) is 62.4 Å². The molecule has 3 unspecified atom stereocenters. The van der Waals surface area contributed by atoms with E-state index in [0.29, 0.717) is 37.0 Å². The molecule has 126 valence electrons. The first-order valence-corrected chi connectivity index (χ1v) is 8.95. The van der Waals surface area contributed by atoms with Gasteiger partial charge in [0.15, 0.2) is 5.78 Å². The third-order valence-corrected chi connectivity index (χ3v) is 7.66. The summed E-state index contributed by atoms with van der Waals surface area (Å²) in [5.41, 5.74) is -0.669. The average Bonchev–Trinajstić information content (AvgIpc) is 2.82. The molecule has 0 saturated heterocycles. The molecule has 3 saturated carbocycles. The van der Waals surface area contributed by atoms with E-state index in [1.165, 1.54) is 6.08 Å². The van der Waals surface area contributed by atoms with Crippen LogP contribution in [0.4, 0.5) is 8.78 Å². The van der Waals surface area contributed by atoms with Crippen molar-refractivity contribution in [3.05, 3.63) is 11.6 Å². The summed E-state index contributed by atoms with van der Waals surface area (Å²) in [6.07, 6.45) is 4.08. The van der Waals surface area contributed by atoms with Crippen molar-refractivity contribution in [1.82, 2.24) is 0 Å². The van der Waals surface area contributed by atoms with E-state index in [1.807, 2.05) is 0 Å². The lowest BCUT2D eigenvalue weighted by atomic mass is 9.47. The van der Waals surface area contributed by atoms with Gasteiger partial charge in [-0.3, -0.25) is 9.59 Å². The summed E-state index contributed by atoms with van der Waals surface area (Å²) in [7, 11) is 0. The maximum absolute atomic E-state index is 14.2. The van der Waals surface area contributed by atoms with E-state index >= 15 is 0 Å². The minimum absolute atomic E-state index is 0.00594. The molecule has 23 heavy (non-hydrogen) atoms. The van der Waals surface area contributed by atoms with Gasteiger partial charge in [-0.1, -0.05) is 12.5 Å². The number of ketones is 2. The smallest absolute Gasteiger partial charge is 0.248 e. The number of fused-ring (bicyclic) bond motifs is 5. The van der Waals surface area contributed by atoms with E-state index in [1.54, 1.807) is 0 Å². The molecule has 4 aliphatic rings. The fourth-order valence-electron chi connectivity index (χ4n) is 6.45. The highest BCUT2D eigenvalue weighted by atomic mass is 19.3. The van der Waals surface area contributed by atoms with Crippen LogP contribution in [0.5, 0.6) is 0 Å². The van der Waals surface area contributed by atoms with Crippen molar-refractivity contribution in [3.63, 3.8) is 0 Å². The van der Waals surface area contributed by atoms with Crippen LogP contribution < -0.4 is 0 Å². The van der Waals surface area contributed by atoms with Gasteiger partial charge in [-0.15, -0.1) is 0 Å². The Morgan fingerprint density at radius 2 is 1.83 bits per heavy atom. The maximum Gasteiger partial charge on any atom is 0.248 e. The molecule has 5 atom stereocenters. The number of carbonyl (C=O) groups excluding carboxylic acids is 2. The topological polar surface area (TPSA) is 34.1 Å². The predicted octanol–water partition coefficient (Wildman–Crippen LogP) is 4.33. The Balaban J connectivity index is 1.76. The Hall–Kier alpha value is -1.06. The van der Waals surface area contributed by atoms with Crippen molar-refractivity contribution in [2.24, 2.45) is 28.6 Å². The minimum Gasteiger partial charge on any atom is -0.299 e. The van der Waals surface area contributed by atoms with Crippen LogP contribution in [0.3, 0.4) is 0 Å². The van der Waals surface area contributed by atoms with Crippen LogP contribution >= 0.6 is 0 Å². The number of allylic oxidation sites excluding steroid dienone is 1. The van der Waals surface area contributed by atoms with Crippen molar-refractivity contribution in [2.45, 2.75) is 64.7 Å². The molecule has 2 nitrogen and oxygen atoms in total. The van der Waals surface area contributed by atoms with Crippen LogP contribution in [-0.4, -0.2) is 18.0 Å². The molecule has 4 aliphatic carbocycles. The number of Topliss-reactive ketones (excluding diaryl/α,β-unsaturated/α-hetero) is 1. The third-order valence-electron chi connectivity index (χ3n) is 7.66. The molecule has 0 heterocycles. The van der Waals surface area contributed by atoms with Crippen molar-refractivity contribution in [1.29, 1.82) is 0 Å². The SMILES string of the molecule is C[C@]12CCC3C(CCC4=CC(=O)CC[C@@]43C(F)F)C1CCC2=O. The Kier molecular flexibility index (Phi) is 3.34. The summed E-state index contributed by atoms with van der Waals surface area (Å²) < 4.78 is 28.5. The highest BCUT2D eigenvalue weighted by molar-refractivity contribution is 5.92. The zero-order valence-electron chi connectivity index (χ0n) is 13.6. The van der Waals surface area contributed by atoms with Gasteiger partial charge in [-0.25, -0.2) is 8.78 Å². The second kappa shape index (κ2) is 4.97. The fourth-order valence-corrected chi connectivity index (χ4v) is 6.45. The largest absolute Gasteiger partial charge is 0.299 e. The molecule has 0 N–H and O–H groups in total. The van der Waals surface area contributed by atoms with Crippen LogP contribution in [0.25, 0.3) is 0 Å². The molecular formula is C19H24F2O2. The zero-order valence-corrected chi connectivity index (χ0v) is 13.6. The maximum atomic E-state index is 14.2. The van der Waals surface area contributed by atoms with E-state index < -0.39 is 11.8 Å². The van der Waals surface area contributed by atoms with E-state index in [-0.39, 0.29) is 35.4 Å². The lowest BCUT2D eigenvalue weighted by molar-refractivity contribution is -0.140. The lowest BCUT2D eigenvalue weighted by Gasteiger charge is -2.57. The molecule has 0 bridgehead atoms. The Bertz CT molecular complexity index is 596. The first kappa shape index (κ1) is 15.5. The number of carbonyl (C=O) groups is 2. The van der Waals surface area contributed by atoms with Gasteiger partial charge < -0.3 is 0 Å². The Morgan fingerprint density at radius 3 is 2.57 bits per heavy atom. The molecule has 0 aliphatic heterocycles. The van der Waals surface area contributed by atoms with Crippen LogP contribution in [0.2, 0.25) is 0 Å². The Labute approximate surface area is 135 Å². The molecule has 0 radical (unpaired) electrons. The van der Waals surface area contributed by atoms with Gasteiger partial charge in [0.05, 0.1) is 5.41 Å². The number of hydrogen-bond donors (Lipinski definition) is 0. The van der Waals surface area contributed by atoms with Crippen molar-refractivity contribution >= 4 is 11.6 Å². The molecule has 0 spiro atoms. The summed E-state index contributed by atoms with van der Waals surface area (Å²) in [6.45, 7) is 2.06. The van der Waals surface area contributed by atoms with Crippen molar-refractivity contribution < 1.29 is 18.4 Å². The van der Waals surface area contributed by atoms with Gasteiger partial charge in [0.2, 0.25) is 6.43 Å². The molecular weight excluding hydrogens is 298 g/mol. The standard InChI is InChI=1S/C19H24F2O2/c1-18-8-7-15-13(14(18)4-5-16(18)23)3-2-11-10-12(22)6-9-19(11,15)17(20)21/h10,13-15,17H,2-9H2,1H3/t13?,14?,15?,18-,19+/m0/s1. The average molecular weight is 322 g/mol. The number of hydrogen-bond acceptors (Lipinski definition) is 2. The fraction of sp³-hybridized carbons (Fsp3) is 0.789. The number of rotatable bonds is 1. The van der Waals surface area contributed by atoms with Crippen LogP contribution in [-0.2, 0) is 9.59 Å². The molecule has 0 amide bonds. The van der Waals surface area contributed by atoms with E-state index in [0.717, 1.165) is 19.3 Å². The normalized spacial score (nSPS) is 46.3. The highest BCUT2D eigenvalue weighted by Crippen LogP contribution is 2.65. The van der Waals surface area contributed by atoms with E-state index in [9.17, 15) is 18.4 Å². The highest BCUT2D eigenvalue weighted by Gasteiger charge is 2.62. The van der Waals surface area contributed by atoms with Gasteiger partial charge >= 0.3 is 0 Å². The summed E-state index contributed by atoms with van der Waals surface area (Å²) in [6, 6.07) is 0. The summed E-state index contributed by atoms with van der Waals surface area (Å²) in [4.78, 5) is 24.1. The lowest BCUT2D eigenvalue weighted by Crippen LogP contribution is -2.54. The van der Waals surface area contributed by atoms with Crippen molar-refractivity contribution in [2.75, 3.05) is 0 Å². The third kappa shape index (κ3) is 1.90. The Morgan fingerprint density at radius 1 is 1.04 bits per heavy atom. The van der Waals surface area contributed by atoms with E-state index in [2.05, 4.69) is 6.92 Å². The van der Waals surface area contributed by atoms with Gasteiger partial charge in [0, 0.05) is 18.3 Å². The van der Waals surface area contributed by atoms with Gasteiger partial charge in [0.1, 0.15) is 5.78 Å². The summed E-state index contributed by atoms with van der Waals surface area (Å²) in [5, 5.41) is 0. The molecule has 4 heteroatoms. The zero-order chi connectivity index (χ0) is 16.4. The van der Waals surface area contributed by atoms with E-state index in [4.69, 9.17) is 0 Å². The molecule has 0 aromatic carbocycles. The number of alkyl halides is 2. The predicted molar refractivity (Wildman–Crippen MR) is 82.0 cm³/mol. The summed E-state index contributed by atoms with van der Waals surface area (Å²) in [5.74, 6) is 0.779. The summed E-state index contributed by atoms with van der Waals surface area (Å²) >= 11 is 0. The quantitative estimate of drug-likeness (QED) is 0.720. The molecule has 3 fully saturated rings. The second-order valence-corrected chi connectivity index (χ2v) is 8.31. The van der Waals surface area contributed by atoms with Crippen LogP contribution in [0.15, 0.2) is 11.6 Å². The minimum atomic E-state index is -2.41. The van der Waals surface area contributed by atoms with Gasteiger partial charge in [0.25, 0.3) is 0 Å². The first-order valence-electron chi connectivity index (χ1n) is 8.95. The molecule has 0 aromatic heterocycles. The molecule has 0 aromatic rings. The second-order valence-electron chi connectivity index (χ2n) is 8.31. The van der Waals surface area contributed by atoms with Gasteiger partial charge in [-0.2, -0.15) is 0 Å². The van der Waals surface area contributed by atoms with Crippen LogP contribution in [0, 0.1) is 28.6 Å². The molecule has 4 rings (SSSR count). The van der Waals surface area contributed by atoms with Crippen LogP contribution in [0.1, 0.15) is 58.3 Å².